The van der Waals surface area contributed by atoms with E-state index in [0.717, 1.165) is 35.3 Å². The Kier molecular flexibility index (Phi) is 5.10. The van der Waals surface area contributed by atoms with Crippen LogP contribution in [0.2, 0.25) is 0 Å². The van der Waals surface area contributed by atoms with Gasteiger partial charge >= 0.3 is 5.97 Å². The zero-order chi connectivity index (χ0) is 16.2. The van der Waals surface area contributed by atoms with E-state index in [0.29, 0.717) is 24.1 Å². The Balaban J connectivity index is 1.87. The summed E-state index contributed by atoms with van der Waals surface area (Å²) in [5, 5.41) is 4.51. The number of carbonyl (C=O) groups excluding carboxylic acids is 1. The fourth-order valence-corrected chi connectivity index (χ4v) is 3.59. The van der Waals surface area contributed by atoms with Crippen LogP contribution < -0.4 is 5.32 Å². The minimum absolute atomic E-state index is 0.324. The predicted molar refractivity (Wildman–Crippen MR) is 95.3 cm³/mol. The Morgan fingerprint density at radius 3 is 2.91 bits per heavy atom. The third-order valence-corrected chi connectivity index (χ3v) is 5.05. The molecule has 1 fully saturated rings. The van der Waals surface area contributed by atoms with E-state index >= 15 is 0 Å². The van der Waals surface area contributed by atoms with Crippen molar-refractivity contribution >= 4 is 35.3 Å². The Hall–Kier alpha value is -1.69. The molecular weight excluding hydrogens is 310 g/mol. The quantitative estimate of drug-likeness (QED) is 0.577. The summed E-state index contributed by atoms with van der Waals surface area (Å²) in [6, 6.07) is 2.33. The maximum Gasteiger partial charge on any atom is 0.341 e. The summed E-state index contributed by atoms with van der Waals surface area (Å²) < 4.78 is 5.18. The number of aromatic nitrogens is 2. The van der Waals surface area contributed by atoms with Crippen molar-refractivity contribution in [3.8, 4) is 0 Å². The molecule has 2 heterocycles. The number of hydrogen-bond donors (Lipinski definition) is 3. The van der Waals surface area contributed by atoms with Gasteiger partial charge in [-0.1, -0.05) is 0 Å². The largest absolute Gasteiger partial charge is 0.462 e. The topological polar surface area (TPSA) is 67.0 Å². The first kappa shape index (κ1) is 16.2. The van der Waals surface area contributed by atoms with E-state index in [1.165, 1.54) is 12.8 Å². The number of thiol groups is 1. The fourth-order valence-electron chi connectivity index (χ4n) is 3.22. The van der Waals surface area contributed by atoms with Crippen molar-refractivity contribution in [2.75, 3.05) is 17.7 Å². The minimum atomic E-state index is -0.324. The number of pyridine rings is 1. The van der Waals surface area contributed by atoms with Gasteiger partial charge < -0.3 is 15.0 Å². The standard InChI is InChI=1S/C17H23N3O2S/c1-2-22-17(21)14-9-19-16-13(7-8-18-16)15(14)20-12-5-3-11(10-23)4-6-12/h7-9,11-12,23H,2-6,10H2,1H3,(H2,18,19,20)/t11-,12-. The molecule has 0 unspecified atom stereocenters. The smallest absolute Gasteiger partial charge is 0.341 e. The van der Waals surface area contributed by atoms with E-state index in [4.69, 9.17) is 4.74 Å². The Morgan fingerprint density at radius 1 is 1.43 bits per heavy atom. The second kappa shape index (κ2) is 7.25. The van der Waals surface area contributed by atoms with E-state index in [1.807, 2.05) is 19.2 Å². The van der Waals surface area contributed by atoms with Crippen molar-refractivity contribution in [2.24, 2.45) is 5.92 Å². The Bertz CT molecular complexity index is 678. The molecule has 1 aliphatic carbocycles. The number of nitrogens with zero attached hydrogens (tertiary/aromatic N) is 1. The summed E-state index contributed by atoms with van der Waals surface area (Å²) in [6.07, 6.45) is 7.99. The number of rotatable bonds is 5. The molecule has 0 amide bonds. The first-order chi connectivity index (χ1) is 11.2. The van der Waals surface area contributed by atoms with Crippen LogP contribution in [-0.2, 0) is 4.74 Å². The first-order valence-corrected chi connectivity index (χ1v) is 8.86. The molecule has 0 radical (unpaired) electrons. The molecule has 0 aliphatic heterocycles. The van der Waals surface area contributed by atoms with Gasteiger partial charge in [-0.05, 0) is 50.3 Å². The molecule has 2 N–H and O–H groups in total. The minimum Gasteiger partial charge on any atom is -0.462 e. The molecule has 2 aromatic heterocycles. The lowest BCUT2D eigenvalue weighted by Crippen LogP contribution is -2.27. The van der Waals surface area contributed by atoms with Crippen LogP contribution in [0.15, 0.2) is 18.5 Å². The zero-order valence-electron chi connectivity index (χ0n) is 13.3. The molecule has 124 valence electrons. The summed E-state index contributed by atoms with van der Waals surface area (Å²) in [5.41, 5.74) is 2.13. The number of esters is 1. The SMILES string of the molecule is CCOC(=O)c1cnc2[nH]ccc2c1N[C@H]1CC[C@H](CS)CC1. The van der Waals surface area contributed by atoms with Gasteiger partial charge in [0.1, 0.15) is 11.2 Å². The van der Waals surface area contributed by atoms with Gasteiger partial charge in [-0.2, -0.15) is 12.6 Å². The molecule has 1 saturated carbocycles. The number of hydrogen-bond acceptors (Lipinski definition) is 5. The number of ether oxygens (including phenoxy) is 1. The lowest BCUT2D eigenvalue weighted by Gasteiger charge is -2.29. The highest BCUT2D eigenvalue weighted by Crippen LogP contribution is 2.31. The average molecular weight is 333 g/mol. The van der Waals surface area contributed by atoms with Gasteiger partial charge in [-0.25, -0.2) is 9.78 Å². The number of anilines is 1. The van der Waals surface area contributed by atoms with Crippen LogP contribution in [0.25, 0.3) is 11.0 Å². The molecule has 0 aromatic carbocycles. The predicted octanol–water partition coefficient (Wildman–Crippen LogP) is 3.64. The summed E-state index contributed by atoms with van der Waals surface area (Å²) in [6.45, 7) is 2.17. The van der Waals surface area contributed by atoms with Crippen LogP contribution in [0.3, 0.4) is 0 Å². The lowest BCUT2D eigenvalue weighted by molar-refractivity contribution is 0.0527. The highest BCUT2D eigenvalue weighted by Gasteiger charge is 2.23. The molecule has 0 atom stereocenters. The number of fused-ring (bicyclic) bond motifs is 1. The molecule has 6 heteroatoms. The van der Waals surface area contributed by atoms with Gasteiger partial charge in [0.2, 0.25) is 0 Å². The Labute approximate surface area is 141 Å². The summed E-state index contributed by atoms with van der Waals surface area (Å²) in [7, 11) is 0. The maximum absolute atomic E-state index is 12.2. The second-order valence-corrected chi connectivity index (χ2v) is 6.42. The van der Waals surface area contributed by atoms with Crippen molar-refractivity contribution in [2.45, 2.75) is 38.6 Å². The van der Waals surface area contributed by atoms with Gasteiger partial charge in [-0.15, -0.1) is 0 Å². The highest BCUT2D eigenvalue weighted by atomic mass is 32.1. The molecule has 0 saturated heterocycles. The zero-order valence-corrected chi connectivity index (χ0v) is 14.2. The maximum atomic E-state index is 12.2. The van der Waals surface area contributed by atoms with Gasteiger partial charge in [0.15, 0.2) is 0 Å². The molecule has 5 nitrogen and oxygen atoms in total. The molecule has 3 rings (SSSR count). The summed E-state index contributed by atoms with van der Waals surface area (Å²) >= 11 is 4.40. The average Bonchev–Trinajstić information content (AvgIpc) is 3.05. The van der Waals surface area contributed by atoms with E-state index in [1.54, 1.807) is 6.20 Å². The fraction of sp³-hybridized carbons (Fsp3) is 0.529. The Morgan fingerprint density at radius 2 is 2.22 bits per heavy atom. The van der Waals surface area contributed by atoms with Crippen LogP contribution in [0, 0.1) is 5.92 Å². The van der Waals surface area contributed by atoms with Crippen LogP contribution in [0.5, 0.6) is 0 Å². The van der Waals surface area contributed by atoms with Crippen LogP contribution >= 0.6 is 12.6 Å². The molecule has 2 aromatic rings. The van der Waals surface area contributed by atoms with Gasteiger partial charge in [0.25, 0.3) is 0 Å². The molecule has 0 bridgehead atoms. The molecule has 1 aliphatic rings. The van der Waals surface area contributed by atoms with Crippen molar-refractivity contribution in [1.29, 1.82) is 0 Å². The lowest BCUT2D eigenvalue weighted by atomic mass is 9.87. The van der Waals surface area contributed by atoms with Crippen molar-refractivity contribution in [3.63, 3.8) is 0 Å². The normalized spacial score (nSPS) is 21.3. The van der Waals surface area contributed by atoms with Crippen molar-refractivity contribution < 1.29 is 9.53 Å². The second-order valence-electron chi connectivity index (χ2n) is 6.05. The third-order valence-electron chi connectivity index (χ3n) is 4.54. The van der Waals surface area contributed by atoms with E-state index in [2.05, 4.69) is 27.9 Å². The van der Waals surface area contributed by atoms with Crippen LogP contribution in [0.1, 0.15) is 43.0 Å². The van der Waals surface area contributed by atoms with Gasteiger partial charge in [0.05, 0.1) is 12.3 Å². The van der Waals surface area contributed by atoms with Crippen molar-refractivity contribution in [3.05, 3.63) is 24.0 Å². The first-order valence-electron chi connectivity index (χ1n) is 8.23. The van der Waals surface area contributed by atoms with E-state index in [-0.39, 0.29) is 5.97 Å². The van der Waals surface area contributed by atoms with E-state index in [9.17, 15) is 4.79 Å². The van der Waals surface area contributed by atoms with E-state index < -0.39 is 0 Å². The number of aromatic amines is 1. The number of carbonyl (C=O) groups is 1. The van der Waals surface area contributed by atoms with Crippen LogP contribution in [0.4, 0.5) is 5.69 Å². The number of nitrogens with one attached hydrogen (secondary N) is 2. The van der Waals surface area contributed by atoms with Crippen LogP contribution in [-0.4, -0.2) is 34.3 Å². The summed E-state index contributed by atoms with van der Waals surface area (Å²) in [4.78, 5) is 19.7. The molecular formula is C17H23N3O2S. The van der Waals surface area contributed by atoms with Gasteiger partial charge in [-0.3, -0.25) is 0 Å². The molecule has 0 spiro atoms. The van der Waals surface area contributed by atoms with Gasteiger partial charge in [0, 0.05) is 23.8 Å². The molecule has 23 heavy (non-hydrogen) atoms. The number of H-pyrrole nitrogens is 1. The third kappa shape index (κ3) is 3.47. The highest BCUT2D eigenvalue weighted by molar-refractivity contribution is 7.80. The van der Waals surface area contributed by atoms with Crippen molar-refractivity contribution in [1.82, 2.24) is 9.97 Å². The summed E-state index contributed by atoms with van der Waals surface area (Å²) in [5.74, 6) is 1.35. The monoisotopic (exact) mass is 333 g/mol.